The molecule has 0 atom stereocenters. The fourth-order valence-electron chi connectivity index (χ4n) is 3.45. The molecule has 0 radical (unpaired) electrons. The SMILES string of the molecule is Cc1cc(C(C)(C)CCCl)cc(C)c1O.Cc1cc(C(C)(C)CCCl)cc(C)c1O.[Cl][Ti][Cl]. The molecule has 0 aliphatic rings. The Morgan fingerprint density at radius 2 is 0.848 bits per heavy atom. The summed E-state index contributed by atoms with van der Waals surface area (Å²) in [5.74, 6) is 2.12. The van der Waals surface area contributed by atoms with E-state index in [1.165, 1.54) is 11.1 Å². The summed E-state index contributed by atoms with van der Waals surface area (Å²) in [5.41, 5.74) is 6.39. The first-order valence-electron chi connectivity index (χ1n) is 10.9. The number of halogens is 4. The van der Waals surface area contributed by atoms with Crippen molar-refractivity contribution in [1.29, 1.82) is 0 Å². The molecule has 2 rings (SSSR count). The average molecular weight is 572 g/mol. The standard InChI is InChI=1S/2C13H19ClO.2ClH.Ti/c2*1-9-7-11(8-10(2)12(9)15)13(3,4)5-6-14;;;/h2*7-8,15H,5-6H2,1-4H3;2*1H;/q;;;;+2/p-2. The number of hydrogen-bond donors (Lipinski definition) is 2. The van der Waals surface area contributed by atoms with Gasteiger partial charge in [-0.25, -0.2) is 0 Å². The molecule has 2 aromatic rings. The van der Waals surface area contributed by atoms with E-state index < -0.39 is 17.0 Å². The normalized spacial score (nSPS) is 11.2. The summed E-state index contributed by atoms with van der Waals surface area (Å²) >= 11 is 11.0. The van der Waals surface area contributed by atoms with Gasteiger partial charge in [0.25, 0.3) is 0 Å². The Labute approximate surface area is 227 Å². The van der Waals surface area contributed by atoms with Gasteiger partial charge in [-0.3, -0.25) is 0 Å². The van der Waals surface area contributed by atoms with Gasteiger partial charge in [0.15, 0.2) is 0 Å². The second-order valence-electron chi connectivity index (χ2n) is 9.63. The van der Waals surface area contributed by atoms with Gasteiger partial charge in [-0.05, 0) is 84.7 Å². The van der Waals surface area contributed by atoms with Crippen molar-refractivity contribution in [2.45, 2.75) is 79.1 Å². The molecule has 0 aromatic heterocycles. The summed E-state index contributed by atoms with van der Waals surface area (Å²) in [6.07, 6.45) is 1.89. The van der Waals surface area contributed by atoms with Crippen molar-refractivity contribution in [2.75, 3.05) is 11.8 Å². The summed E-state index contributed by atoms with van der Waals surface area (Å²) in [7, 11) is 9.78. The van der Waals surface area contributed by atoms with E-state index in [1.54, 1.807) is 0 Å². The summed E-state index contributed by atoms with van der Waals surface area (Å²) < 4.78 is 0. The molecule has 2 aromatic carbocycles. The van der Waals surface area contributed by atoms with Crippen molar-refractivity contribution in [3.8, 4) is 11.5 Å². The van der Waals surface area contributed by atoms with Crippen LogP contribution in [0.3, 0.4) is 0 Å². The Balaban J connectivity index is 0.000000555. The first-order chi connectivity index (χ1) is 15.2. The third kappa shape index (κ3) is 10.6. The van der Waals surface area contributed by atoms with Crippen molar-refractivity contribution >= 4 is 41.8 Å². The number of phenolic OH excluding ortho intramolecular Hbond substituents is 2. The van der Waals surface area contributed by atoms with E-state index in [1.807, 2.05) is 27.7 Å². The fourth-order valence-corrected chi connectivity index (χ4v) is 4.40. The van der Waals surface area contributed by atoms with Crippen molar-refractivity contribution in [3.63, 3.8) is 0 Å². The Morgan fingerprint density at radius 1 is 0.636 bits per heavy atom. The summed E-state index contributed by atoms with van der Waals surface area (Å²) in [5, 5.41) is 19.4. The second-order valence-corrected chi connectivity index (χ2v) is 13.0. The predicted octanol–water partition coefficient (Wildman–Crippen LogP) is 9.21. The molecule has 0 saturated carbocycles. The monoisotopic (exact) mass is 570 g/mol. The van der Waals surface area contributed by atoms with Gasteiger partial charge in [0.1, 0.15) is 11.5 Å². The zero-order valence-corrected chi connectivity index (χ0v) is 25.6. The molecule has 0 saturated heterocycles. The van der Waals surface area contributed by atoms with Crippen molar-refractivity contribution in [3.05, 3.63) is 57.6 Å². The van der Waals surface area contributed by atoms with Crippen LogP contribution in [0, 0.1) is 27.7 Å². The van der Waals surface area contributed by atoms with Crippen LogP contribution >= 0.6 is 41.8 Å². The van der Waals surface area contributed by atoms with Gasteiger partial charge in [0, 0.05) is 11.8 Å². The van der Waals surface area contributed by atoms with Gasteiger partial charge < -0.3 is 10.2 Å². The zero-order chi connectivity index (χ0) is 26.0. The van der Waals surface area contributed by atoms with E-state index in [2.05, 4.69) is 52.0 Å². The quantitative estimate of drug-likeness (QED) is 0.268. The van der Waals surface area contributed by atoms with Crippen LogP contribution in [0.4, 0.5) is 0 Å². The maximum atomic E-state index is 9.70. The average Bonchev–Trinajstić information content (AvgIpc) is 2.70. The van der Waals surface area contributed by atoms with Crippen LogP contribution in [0.15, 0.2) is 24.3 Å². The minimum absolute atomic E-state index is 0.0744. The second kappa shape index (κ2) is 15.1. The zero-order valence-electron chi connectivity index (χ0n) is 21.0. The van der Waals surface area contributed by atoms with Gasteiger partial charge in [-0.15, -0.1) is 23.2 Å². The van der Waals surface area contributed by atoms with E-state index in [4.69, 9.17) is 41.8 Å². The molecule has 0 heterocycles. The fraction of sp³-hybridized carbons (Fsp3) is 0.538. The Kier molecular flexibility index (Phi) is 15.1. The molecule has 0 unspecified atom stereocenters. The molecule has 186 valence electrons. The molecular formula is C26H38Cl4O2Ti. The van der Waals surface area contributed by atoms with E-state index in [0.29, 0.717) is 23.3 Å². The van der Waals surface area contributed by atoms with E-state index >= 15 is 0 Å². The number of phenols is 2. The van der Waals surface area contributed by atoms with Crippen LogP contribution in [0.2, 0.25) is 0 Å². The van der Waals surface area contributed by atoms with Gasteiger partial charge in [-0.1, -0.05) is 52.0 Å². The number of alkyl halides is 2. The molecule has 0 aliphatic heterocycles. The number of aryl methyl sites for hydroxylation is 4. The minimum atomic E-state index is -0.556. The van der Waals surface area contributed by atoms with Gasteiger partial charge in [-0.2, -0.15) is 0 Å². The molecule has 0 bridgehead atoms. The summed E-state index contributed by atoms with van der Waals surface area (Å²) in [6.45, 7) is 16.5. The summed E-state index contributed by atoms with van der Waals surface area (Å²) in [4.78, 5) is 0. The number of benzene rings is 2. The van der Waals surface area contributed by atoms with Crippen LogP contribution in [0.5, 0.6) is 11.5 Å². The van der Waals surface area contributed by atoms with Gasteiger partial charge in [0.2, 0.25) is 0 Å². The first kappa shape index (κ1) is 32.9. The van der Waals surface area contributed by atoms with Gasteiger partial charge in [0.05, 0.1) is 0 Å². The first-order valence-corrected chi connectivity index (χ1v) is 16.2. The van der Waals surface area contributed by atoms with Crippen molar-refractivity contribution < 1.29 is 27.2 Å². The Bertz CT molecular complexity index is 765. The topological polar surface area (TPSA) is 40.5 Å². The molecule has 2 N–H and O–H groups in total. The third-order valence-corrected chi connectivity index (χ3v) is 6.36. The molecule has 0 spiro atoms. The van der Waals surface area contributed by atoms with Gasteiger partial charge >= 0.3 is 35.6 Å². The van der Waals surface area contributed by atoms with Crippen LogP contribution < -0.4 is 0 Å². The number of aromatic hydroxyl groups is 2. The molecule has 0 aliphatic carbocycles. The Hall–Kier alpha value is -0.0857. The molecular weight excluding hydrogens is 534 g/mol. The van der Waals surface area contributed by atoms with E-state index in [9.17, 15) is 10.2 Å². The molecule has 33 heavy (non-hydrogen) atoms. The molecule has 0 fully saturated rings. The maximum absolute atomic E-state index is 9.70. The molecule has 7 heteroatoms. The number of rotatable bonds is 6. The van der Waals surface area contributed by atoms with Crippen molar-refractivity contribution in [2.24, 2.45) is 0 Å². The Morgan fingerprint density at radius 3 is 1.03 bits per heavy atom. The third-order valence-electron chi connectivity index (χ3n) is 5.98. The molecule has 0 amide bonds. The predicted molar refractivity (Wildman–Crippen MR) is 144 cm³/mol. The summed E-state index contributed by atoms with van der Waals surface area (Å²) in [6, 6.07) is 8.20. The van der Waals surface area contributed by atoms with Crippen molar-refractivity contribution in [1.82, 2.24) is 0 Å². The van der Waals surface area contributed by atoms with Crippen LogP contribution in [0.25, 0.3) is 0 Å². The van der Waals surface area contributed by atoms with E-state index in [0.717, 1.165) is 35.1 Å². The van der Waals surface area contributed by atoms with Crippen LogP contribution in [-0.4, -0.2) is 22.0 Å². The van der Waals surface area contributed by atoms with E-state index in [-0.39, 0.29) is 10.8 Å². The number of hydrogen-bond acceptors (Lipinski definition) is 2. The van der Waals surface area contributed by atoms with Crippen LogP contribution in [0.1, 0.15) is 73.9 Å². The van der Waals surface area contributed by atoms with Crippen LogP contribution in [-0.2, 0) is 27.9 Å². The molecule has 2 nitrogen and oxygen atoms in total.